The van der Waals surface area contributed by atoms with Crippen LogP contribution < -0.4 is 9.62 Å². The fourth-order valence-corrected chi connectivity index (χ4v) is 7.10. The first-order chi connectivity index (χ1) is 20.8. The number of carbonyl (C=O) groups excluding carboxylic acids is 2. The number of hydrogen-bond donors (Lipinski definition) is 1. The molecule has 0 bridgehead atoms. The molecule has 0 radical (unpaired) electrons. The summed E-state index contributed by atoms with van der Waals surface area (Å²) in [6.07, 6.45) is -1.03. The van der Waals surface area contributed by atoms with E-state index in [1.807, 2.05) is 0 Å². The Labute approximate surface area is 265 Å². The lowest BCUT2D eigenvalue weighted by atomic mass is 10.1. The van der Waals surface area contributed by atoms with Crippen molar-refractivity contribution in [2.24, 2.45) is 0 Å². The lowest BCUT2D eigenvalue weighted by Crippen LogP contribution is -2.53. The van der Waals surface area contributed by atoms with Gasteiger partial charge in [0.15, 0.2) is 0 Å². The van der Waals surface area contributed by atoms with Crippen LogP contribution in [0.1, 0.15) is 50.2 Å². The number of rotatable bonds is 11. The van der Waals surface area contributed by atoms with Crippen LogP contribution in [0.3, 0.4) is 0 Å². The molecule has 0 spiro atoms. The molecule has 0 aliphatic heterocycles. The van der Waals surface area contributed by atoms with Crippen LogP contribution in [0.25, 0.3) is 0 Å². The molecule has 236 valence electrons. The molecule has 1 aliphatic rings. The van der Waals surface area contributed by atoms with Crippen LogP contribution in [0.4, 0.5) is 18.9 Å². The number of halogens is 5. The highest BCUT2D eigenvalue weighted by atomic mass is 35.5. The Bertz CT molecular complexity index is 1580. The summed E-state index contributed by atoms with van der Waals surface area (Å²) in [6, 6.07) is 14.4. The van der Waals surface area contributed by atoms with Gasteiger partial charge < -0.3 is 10.2 Å². The molecule has 44 heavy (non-hydrogen) atoms. The molecule has 1 atom stereocenters. The quantitative estimate of drug-likeness (QED) is 0.237. The second-order valence-electron chi connectivity index (χ2n) is 10.5. The van der Waals surface area contributed by atoms with Gasteiger partial charge in [-0.15, -0.1) is 0 Å². The normalized spacial score (nSPS) is 14.7. The molecule has 0 heterocycles. The summed E-state index contributed by atoms with van der Waals surface area (Å²) in [4.78, 5) is 28.7. The van der Waals surface area contributed by atoms with E-state index in [0.717, 1.165) is 37.8 Å². The summed E-state index contributed by atoms with van der Waals surface area (Å²) in [5.41, 5.74) is -0.985. The van der Waals surface area contributed by atoms with E-state index in [4.69, 9.17) is 23.2 Å². The van der Waals surface area contributed by atoms with Gasteiger partial charge in [-0.2, -0.15) is 13.2 Å². The summed E-state index contributed by atoms with van der Waals surface area (Å²) < 4.78 is 69.3. The van der Waals surface area contributed by atoms with E-state index < -0.39 is 46.2 Å². The molecule has 1 aliphatic carbocycles. The van der Waals surface area contributed by atoms with E-state index in [2.05, 4.69) is 5.32 Å². The Kier molecular flexibility index (Phi) is 10.9. The van der Waals surface area contributed by atoms with Crippen LogP contribution in [0.2, 0.25) is 10.0 Å². The fraction of sp³-hybridized carbons (Fsp3) is 0.355. The SMILES string of the molecule is CCC(C(=O)NC1CCCC1)N(Cc1ccc(Cl)cc1Cl)C(=O)CN(c1cccc(C(F)(F)F)c1)S(=O)(=O)c1ccccc1. The fourth-order valence-electron chi connectivity index (χ4n) is 5.21. The third kappa shape index (κ3) is 8.05. The average molecular weight is 671 g/mol. The molecule has 7 nitrogen and oxygen atoms in total. The van der Waals surface area contributed by atoms with Crippen LogP contribution in [-0.2, 0) is 32.3 Å². The molecule has 2 amide bonds. The third-order valence-corrected chi connectivity index (χ3v) is 9.89. The second kappa shape index (κ2) is 14.2. The monoisotopic (exact) mass is 669 g/mol. The summed E-state index contributed by atoms with van der Waals surface area (Å²) in [5.74, 6) is -1.21. The average Bonchev–Trinajstić information content (AvgIpc) is 3.49. The van der Waals surface area contributed by atoms with Crippen LogP contribution in [0.15, 0.2) is 77.7 Å². The van der Waals surface area contributed by atoms with Gasteiger partial charge in [0.05, 0.1) is 16.1 Å². The topological polar surface area (TPSA) is 86.8 Å². The zero-order valence-corrected chi connectivity index (χ0v) is 26.2. The van der Waals surface area contributed by atoms with Crippen molar-refractivity contribution < 1.29 is 31.2 Å². The molecule has 13 heteroatoms. The predicted octanol–water partition coefficient (Wildman–Crippen LogP) is 7.07. The maximum atomic E-state index is 14.2. The molecule has 0 aromatic heterocycles. The molecule has 1 fully saturated rings. The van der Waals surface area contributed by atoms with E-state index in [1.165, 1.54) is 41.3 Å². The van der Waals surface area contributed by atoms with E-state index in [9.17, 15) is 31.2 Å². The summed E-state index contributed by atoms with van der Waals surface area (Å²) in [6.45, 7) is 0.665. The standard InChI is InChI=1S/C31H32Cl2F3N3O4S/c1-2-28(30(41)37-24-10-6-7-11-24)38(19-21-15-16-23(32)18-27(21)33)29(40)20-39(44(42,43)26-13-4-3-5-14-26)25-12-8-9-22(17-25)31(34,35)36/h3-5,8-9,12-18,24,28H,2,6-7,10-11,19-20H2,1H3,(H,37,41). The van der Waals surface area contributed by atoms with E-state index >= 15 is 0 Å². The van der Waals surface area contributed by atoms with Crippen molar-refractivity contribution in [3.05, 3.63) is 94.0 Å². The summed E-state index contributed by atoms with van der Waals surface area (Å²) in [7, 11) is -4.53. The minimum Gasteiger partial charge on any atom is -0.352 e. The number of benzene rings is 3. The lowest BCUT2D eigenvalue weighted by molar-refractivity contribution is -0.140. The molecule has 1 N–H and O–H groups in total. The van der Waals surface area contributed by atoms with Crippen molar-refractivity contribution in [3.8, 4) is 0 Å². The Morgan fingerprint density at radius 1 is 0.977 bits per heavy atom. The zero-order chi connectivity index (χ0) is 32.1. The Balaban J connectivity index is 1.77. The van der Waals surface area contributed by atoms with Crippen molar-refractivity contribution in [1.29, 1.82) is 0 Å². The van der Waals surface area contributed by atoms with Crippen molar-refractivity contribution in [2.45, 2.75) is 68.7 Å². The van der Waals surface area contributed by atoms with Crippen molar-refractivity contribution in [2.75, 3.05) is 10.8 Å². The highest BCUT2D eigenvalue weighted by molar-refractivity contribution is 7.92. The lowest BCUT2D eigenvalue weighted by Gasteiger charge is -2.34. The van der Waals surface area contributed by atoms with Gasteiger partial charge in [-0.3, -0.25) is 13.9 Å². The molecular formula is C31H32Cl2F3N3O4S. The number of carbonyl (C=O) groups is 2. The highest BCUT2D eigenvalue weighted by Crippen LogP contribution is 2.34. The first-order valence-electron chi connectivity index (χ1n) is 14.1. The van der Waals surface area contributed by atoms with Crippen molar-refractivity contribution in [1.82, 2.24) is 10.2 Å². The number of alkyl halides is 3. The number of sulfonamides is 1. The van der Waals surface area contributed by atoms with Gasteiger partial charge in [0.2, 0.25) is 11.8 Å². The third-order valence-electron chi connectivity index (χ3n) is 7.51. The van der Waals surface area contributed by atoms with Crippen LogP contribution >= 0.6 is 23.2 Å². The van der Waals surface area contributed by atoms with Crippen LogP contribution in [-0.4, -0.2) is 43.8 Å². The van der Waals surface area contributed by atoms with Gasteiger partial charge in [0, 0.05) is 22.6 Å². The number of amides is 2. The number of nitrogens with zero attached hydrogens (tertiary/aromatic N) is 2. The number of hydrogen-bond acceptors (Lipinski definition) is 4. The van der Waals surface area contributed by atoms with Gasteiger partial charge in [-0.05, 0) is 67.3 Å². The molecule has 0 saturated heterocycles. The number of nitrogens with one attached hydrogen (secondary N) is 1. The molecule has 1 unspecified atom stereocenters. The maximum Gasteiger partial charge on any atom is 0.416 e. The van der Waals surface area contributed by atoms with Crippen LogP contribution in [0, 0.1) is 0 Å². The second-order valence-corrected chi connectivity index (χ2v) is 13.3. The zero-order valence-electron chi connectivity index (χ0n) is 23.9. The number of anilines is 1. The summed E-state index contributed by atoms with van der Waals surface area (Å²) >= 11 is 12.5. The van der Waals surface area contributed by atoms with Gasteiger partial charge in [-0.25, -0.2) is 8.42 Å². The Morgan fingerprint density at radius 3 is 2.27 bits per heavy atom. The Hall–Kier alpha value is -3.28. The first kappa shape index (κ1) is 33.6. The van der Waals surface area contributed by atoms with Crippen molar-refractivity contribution >= 4 is 50.7 Å². The summed E-state index contributed by atoms with van der Waals surface area (Å²) in [5, 5.41) is 3.58. The van der Waals surface area contributed by atoms with Crippen molar-refractivity contribution in [3.63, 3.8) is 0 Å². The minimum absolute atomic E-state index is 0.0484. The molecule has 3 aromatic rings. The Morgan fingerprint density at radius 2 is 1.66 bits per heavy atom. The smallest absolute Gasteiger partial charge is 0.352 e. The highest BCUT2D eigenvalue weighted by Gasteiger charge is 2.36. The maximum absolute atomic E-state index is 14.2. The molecule has 4 rings (SSSR count). The first-order valence-corrected chi connectivity index (χ1v) is 16.3. The molecule has 1 saturated carbocycles. The predicted molar refractivity (Wildman–Crippen MR) is 164 cm³/mol. The van der Waals surface area contributed by atoms with Gasteiger partial charge >= 0.3 is 6.18 Å². The van der Waals surface area contributed by atoms with Gasteiger partial charge in [-0.1, -0.05) is 73.3 Å². The molecule has 3 aromatic carbocycles. The largest absolute Gasteiger partial charge is 0.416 e. The minimum atomic E-state index is -4.76. The van der Waals surface area contributed by atoms with E-state index in [1.54, 1.807) is 25.1 Å². The molecular weight excluding hydrogens is 638 g/mol. The van der Waals surface area contributed by atoms with Gasteiger partial charge in [0.1, 0.15) is 12.6 Å². The van der Waals surface area contributed by atoms with E-state index in [0.29, 0.717) is 21.0 Å². The van der Waals surface area contributed by atoms with Crippen LogP contribution in [0.5, 0.6) is 0 Å². The van der Waals surface area contributed by atoms with Gasteiger partial charge in [0.25, 0.3) is 10.0 Å². The van der Waals surface area contributed by atoms with E-state index in [-0.39, 0.29) is 34.6 Å².